The lowest BCUT2D eigenvalue weighted by Gasteiger charge is -2.31. The monoisotopic (exact) mass is 446 g/mol. The van der Waals surface area contributed by atoms with E-state index in [-0.39, 0.29) is 17.4 Å². The van der Waals surface area contributed by atoms with Gasteiger partial charge in [0.05, 0.1) is 5.75 Å². The van der Waals surface area contributed by atoms with Crippen LogP contribution in [0.4, 0.5) is 0 Å². The smallest absolute Gasteiger partial charge is 0.287 e. The van der Waals surface area contributed by atoms with E-state index < -0.39 is 9.84 Å². The molecule has 2 aromatic heterocycles. The number of para-hydroxylation sites is 1. The highest BCUT2D eigenvalue weighted by Crippen LogP contribution is 2.28. The number of furan rings is 1. The van der Waals surface area contributed by atoms with Crippen molar-refractivity contribution in [1.82, 2.24) is 10.2 Å². The zero-order valence-electron chi connectivity index (χ0n) is 17.0. The molecule has 0 unspecified atom stereocenters. The Hall–Kier alpha value is -2.16. The number of fused-ring (bicyclic) bond motifs is 1. The first kappa shape index (κ1) is 21.1. The third-order valence-electron chi connectivity index (χ3n) is 5.53. The minimum atomic E-state index is -3.30. The van der Waals surface area contributed by atoms with Crippen LogP contribution >= 0.6 is 11.3 Å². The van der Waals surface area contributed by atoms with Gasteiger partial charge < -0.3 is 9.73 Å². The van der Waals surface area contributed by atoms with Crippen molar-refractivity contribution in [3.63, 3.8) is 0 Å². The van der Waals surface area contributed by atoms with E-state index in [2.05, 4.69) is 27.7 Å². The minimum Gasteiger partial charge on any atom is -0.451 e. The lowest BCUT2D eigenvalue weighted by atomic mass is 9.96. The fraction of sp³-hybridized carbons (Fsp3) is 0.409. The van der Waals surface area contributed by atoms with Crippen molar-refractivity contribution in [2.75, 3.05) is 25.9 Å². The van der Waals surface area contributed by atoms with Gasteiger partial charge in [-0.05, 0) is 49.4 Å². The van der Waals surface area contributed by atoms with Gasteiger partial charge in [0.25, 0.3) is 5.91 Å². The van der Waals surface area contributed by atoms with E-state index in [9.17, 15) is 13.2 Å². The number of nitrogens with one attached hydrogen (secondary N) is 1. The Morgan fingerprint density at radius 2 is 1.97 bits per heavy atom. The van der Waals surface area contributed by atoms with Crippen LogP contribution in [-0.2, 0) is 22.1 Å². The molecule has 0 aliphatic carbocycles. The highest BCUT2D eigenvalue weighted by Gasteiger charge is 2.25. The summed E-state index contributed by atoms with van der Waals surface area (Å²) in [6.07, 6.45) is 3.23. The average Bonchev–Trinajstić information content (AvgIpc) is 3.34. The lowest BCUT2D eigenvalue weighted by molar-refractivity contribution is 0.0909. The van der Waals surface area contributed by atoms with Crippen molar-refractivity contribution in [3.8, 4) is 0 Å². The number of piperidine rings is 1. The number of hydrogen-bond acceptors (Lipinski definition) is 6. The lowest BCUT2D eigenvalue weighted by Crippen LogP contribution is -2.38. The summed E-state index contributed by atoms with van der Waals surface area (Å²) < 4.78 is 29.5. The predicted molar refractivity (Wildman–Crippen MR) is 119 cm³/mol. The number of carbonyl (C=O) groups excluding carboxylic acids is 1. The van der Waals surface area contributed by atoms with Crippen molar-refractivity contribution < 1.29 is 17.6 Å². The summed E-state index contributed by atoms with van der Waals surface area (Å²) in [4.78, 5) is 16.7. The molecule has 1 aliphatic heterocycles. The van der Waals surface area contributed by atoms with E-state index in [4.69, 9.17) is 4.42 Å². The van der Waals surface area contributed by atoms with Crippen molar-refractivity contribution in [1.29, 1.82) is 0 Å². The average molecular weight is 447 g/mol. The molecule has 160 valence electrons. The van der Waals surface area contributed by atoms with E-state index in [1.54, 1.807) is 23.5 Å². The van der Waals surface area contributed by atoms with Crippen molar-refractivity contribution in [3.05, 3.63) is 58.0 Å². The van der Waals surface area contributed by atoms with Gasteiger partial charge in [0.2, 0.25) is 0 Å². The Bertz CT molecular complexity index is 1110. The van der Waals surface area contributed by atoms with Crippen LogP contribution in [0.15, 0.2) is 46.2 Å². The molecule has 30 heavy (non-hydrogen) atoms. The van der Waals surface area contributed by atoms with Crippen molar-refractivity contribution in [2.45, 2.75) is 25.1 Å². The number of benzene rings is 1. The van der Waals surface area contributed by atoms with Crippen LogP contribution in [0.2, 0.25) is 0 Å². The SMILES string of the molecule is CS(=O)(=O)Cc1c(C(=O)NCC2CCN(Cc3cccs3)CC2)oc2ccccc12. The molecular formula is C22H26N2O4S2. The summed E-state index contributed by atoms with van der Waals surface area (Å²) in [6, 6.07) is 11.4. The maximum absolute atomic E-state index is 12.8. The molecule has 8 heteroatoms. The second kappa shape index (κ2) is 8.91. The van der Waals surface area contributed by atoms with Crippen LogP contribution in [0.25, 0.3) is 11.0 Å². The summed E-state index contributed by atoms with van der Waals surface area (Å²) in [7, 11) is -3.30. The number of carbonyl (C=O) groups is 1. The summed E-state index contributed by atoms with van der Waals surface area (Å²) in [6.45, 7) is 3.59. The molecule has 1 amide bonds. The number of thiophene rings is 1. The molecule has 4 rings (SSSR count). The fourth-order valence-electron chi connectivity index (χ4n) is 3.98. The van der Waals surface area contributed by atoms with Gasteiger partial charge in [0, 0.05) is 35.2 Å². The first-order chi connectivity index (χ1) is 14.4. The zero-order chi connectivity index (χ0) is 21.1. The van der Waals surface area contributed by atoms with E-state index in [0.29, 0.717) is 29.0 Å². The summed E-state index contributed by atoms with van der Waals surface area (Å²) in [5, 5.41) is 5.75. The Kier molecular flexibility index (Phi) is 6.26. The van der Waals surface area contributed by atoms with Gasteiger partial charge in [0.1, 0.15) is 5.58 Å². The number of likely N-dealkylation sites (tertiary alicyclic amines) is 1. The van der Waals surface area contributed by atoms with E-state index in [1.807, 2.05) is 12.1 Å². The molecule has 0 atom stereocenters. The molecule has 0 radical (unpaired) electrons. The van der Waals surface area contributed by atoms with Gasteiger partial charge in [-0.2, -0.15) is 0 Å². The van der Waals surface area contributed by atoms with Gasteiger partial charge in [-0.3, -0.25) is 9.69 Å². The van der Waals surface area contributed by atoms with Crippen LogP contribution < -0.4 is 5.32 Å². The van der Waals surface area contributed by atoms with Crippen LogP contribution in [0.5, 0.6) is 0 Å². The highest BCUT2D eigenvalue weighted by atomic mass is 32.2. The molecule has 1 fully saturated rings. The van der Waals surface area contributed by atoms with Crippen LogP contribution in [0, 0.1) is 5.92 Å². The standard InChI is InChI=1S/C22H26N2O4S2/c1-30(26,27)15-19-18-6-2-3-7-20(18)28-21(19)22(25)23-13-16-8-10-24(11-9-16)14-17-5-4-12-29-17/h2-7,12,16H,8-11,13-15H2,1H3,(H,23,25). The summed E-state index contributed by atoms with van der Waals surface area (Å²) in [5.41, 5.74) is 0.972. The molecule has 0 saturated carbocycles. The van der Waals surface area contributed by atoms with Crippen molar-refractivity contribution >= 4 is 38.1 Å². The number of rotatable bonds is 7. The van der Waals surface area contributed by atoms with Crippen LogP contribution in [0.3, 0.4) is 0 Å². The molecule has 1 N–H and O–H groups in total. The molecule has 6 nitrogen and oxygen atoms in total. The predicted octanol–water partition coefficient (Wildman–Crippen LogP) is 3.68. The Morgan fingerprint density at radius 3 is 2.67 bits per heavy atom. The first-order valence-corrected chi connectivity index (χ1v) is 13.0. The second-order valence-corrected chi connectivity index (χ2v) is 11.2. The summed E-state index contributed by atoms with van der Waals surface area (Å²) >= 11 is 1.78. The number of hydrogen-bond donors (Lipinski definition) is 1. The van der Waals surface area contributed by atoms with Gasteiger partial charge in [-0.1, -0.05) is 24.3 Å². The number of sulfone groups is 1. The normalized spacial score (nSPS) is 16.2. The molecule has 1 saturated heterocycles. The third-order valence-corrected chi connectivity index (χ3v) is 7.20. The minimum absolute atomic E-state index is 0.108. The maximum Gasteiger partial charge on any atom is 0.287 e. The highest BCUT2D eigenvalue weighted by molar-refractivity contribution is 7.89. The van der Waals surface area contributed by atoms with Gasteiger partial charge >= 0.3 is 0 Å². The first-order valence-electron chi connectivity index (χ1n) is 10.1. The van der Waals surface area contributed by atoms with Gasteiger partial charge in [-0.25, -0.2) is 8.42 Å². The quantitative estimate of drug-likeness (QED) is 0.599. The Morgan fingerprint density at radius 1 is 1.20 bits per heavy atom. The molecule has 0 bridgehead atoms. The third kappa shape index (κ3) is 5.11. The molecular weight excluding hydrogens is 420 g/mol. The molecule has 3 heterocycles. The summed E-state index contributed by atoms with van der Waals surface area (Å²) in [5.74, 6) is -0.0349. The second-order valence-electron chi connectivity index (χ2n) is 7.98. The van der Waals surface area contributed by atoms with Crippen LogP contribution in [-0.4, -0.2) is 45.1 Å². The fourth-order valence-corrected chi connectivity index (χ4v) is 5.53. The van der Waals surface area contributed by atoms with E-state index in [0.717, 1.165) is 32.5 Å². The molecule has 1 aliphatic rings. The van der Waals surface area contributed by atoms with E-state index >= 15 is 0 Å². The number of nitrogens with zero attached hydrogens (tertiary/aromatic N) is 1. The van der Waals surface area contributed by atoms with Crippen molar-refractivity contribution in [2.24, 2.45) is 5.92 Å². The van der Waals surface area contributed by atoms with Gasteiger partial charge in [0.15, 0.2) is 15.6 Å². The Labute approximate surface area is 180 Å². The topological polar surface area (TPSA) is 79.6 Å². The zero-order valence-corrected chi connectivity index (χ0v) is 18.6. The molecule has 0 spiro atoms. The number of amides is 1. The van der Waals surface area contributed by atoms with Gasteiger partial charge in [-0.15, -0.1) is 11.3 Å². The molecule has 3 aromatic rings. The van der Waals surface area contributed by atoms with Crippen LogP contribution in [0.1, 0.15) is 33.8 Å². The van der Waals surface area contributed by atoms with E-state index in [1.165, 1.54) is 11.1 Å². The Balaban J connectivity index is 1.37. The molecule has 1 aromatic carbocycles. The largest absolute Gasteiger partial charge is 0.451 e. The maximum atomic E-state index is 12.8.